The second-order valence-corrected chi connectivity index (χ2v) is 4.05. The third-order valence-electron chi connectivity index (χ3n) is 2.41. The summed E-state index contributed by atoms with van der Waals surface area (Å²) in [4.78, 5) is 24.6. The van der Waals surface area contributed by atoms with E-state index in [1.54, 1.807) is 11.0 Å². The number of amides is 1. The highest BCUT2D eigenvalue weighted by atomic mass is 79.9. The van der Waals surface area contributed by atoms with Gasteiger partial charge in [-0.2, -0.15) is 0 Å². The number of fused-ring (bicyclic) bond motifs is 1. The third kappa shape index (κ3) is 1.95. The Bertz CT molecular complexity index is 417. The summed E-state index contributed by atoms with van der Waals surface area (Å²) in [6.07, 6.45) is 0. The zero-order chi connectivity index (χ0) is 10.8. The number of Topliss-reactive ketones (excluding diaryl/α,β-unsaturated/α-hetero) is 1. The maximum absolute atomic E-state index is 11.8. The molecule has 0 saturated carbocycles. The summed E-state index contributed by atoms with van der Waals surface area (Å²) in [5, 5.41) is 0.299. The standard InChI is InChI=1S/C11H10BrNO2/c12-5-9(14)7-13-6-8-3-1-2-4-10(8)11(13)15/h1-4H,5-7H2. The summed E-state index contributed by atoms with van der Waals surface area (Å²) in [5.74, 6) is -0.0175. The first-order valence-electron chi connectivity index (χ1n) is 4.67. The molecule has 1 amide bonds. The van der Waals surface area contributed by atoms with Crippen LogP contribution in [-0.4, -0.2) is 28.5 Å². The Morgan fingerprint density at radius 3 is 2.80 bits per heavy atom. The molecule has 0 radical (unpaired) electrons. The Kier molecular flexibility index (Phi) is 2.86. The fourth-order valence-electron chi connectivity index (χ4n) is 1.70. The second-order valence-electron chi connectivity index (χ2n) is 3.49. The molecule has 1 aliphatic heterocycles. The summed E-state index contributed by atoms with van der Waals surface area (Å²) in [6.45, 7) is 0.743. The van der Waals surface area contributed by atoms with Crippen LogP contribution in [0.2, 0.25) is 0 Å². The van der Waals surface area contributed by atoms with Gasteiger partial charge in [0.2, 0.25) is 0 Å². The van der Waals surface area contributed by atoms with Gasteiger partial charge in [-0.25, -0.2) is 0 Å². The first kappa shape index (κ1) is 10.4. The van der Waals surface area contributed by atoms with Crippen molar-refractivity contribution in [2.45, 2.75) is 6.54 Å². The van der Waals surface area contributed by atoms with Crippen LogP contribution in [0, 0.1) is 0 Å². The van der Waals surface area contributed by atoms with Crippen molar-refractivity contribution in [2.75, 3.05) is 11.9 Å². The van der Waals surface area contributed by atoms with E-state index in [-0.39, 0.29) is 18.2 Å². The van der Waals surface area contributed by atoms with Crippen LogP contribution in [-0.2, 0) is 11.3 Å². The molecule has 4 heteroatoms. The van der Waals surface area contributed by atoms with Gasteiger partial charge in [-0.1, -0.05) is 34.1 Å². The van der Waals surface area contributed by atoms with E-state index in [9.17, 15) is 9.59 Å². The van der Waals surface area contributed by atoms with Crippen molar-refractivity contribution in [1.29, 1.82) is 0 Å². The van der Waals surface area contributed by atoms with E-state index in [0.717, 1.165) is 11.1 Å². The molecule has 3 nitrogen and oxygen atoms in total. The Morgan fingerprint density at radius 2 is 2.13 bits per heavy atom. The van der Waals surface area contributed by atoms with Crippen LogP contribution >= 0.6 is 15.9 Å². The van der Waals surface area contributed by atoms with Crippen molar-refractivity contribution < 1.29 is 9.59 Å². The highest BCUT2D eigenvalue weighted by Crippen LogP contribution is 2.21. The van der Waals surface area contributed by atoms with Crippen LogP contribution in [0.1, 0.15) is 15.9 Å². The monoisotopic (exact) mass is 267 g/mol. The SMILES string of the molecule is O=C(CBr)CN1Cc2ccccc2C1=O. The minimum absolute atomic E-state index is 0.0242. The van der Waals surface area contributed by atoms with E-state index in [1.807, 2.05) is 18.2 Å². The summed E-state index contributed by atoms with van der Waals surface area (Å²) in [6, 6.07) is 7.47. The molecule has 0 aromatic heterocycles. The van der Waals surface area contributed by atoms with E-state index in [0.29, 0.717) is 11.9 Å². The molecule has 0 atom stereocenters. The predicted octanol–water partition coefficient (Wildman–Crippen LogP) is 1.61. The Labute approximate surface area is 96.2 Å². The van der Waals surface area contributed by atoms with Crippen molar-refractivity contribution >= 4 is 27.6 Å². The minimum Gasteiger partial charge on any atom is -0.327 e. The molecule has 0 bridgehead atoms. The van der Waals surface area contributed by atoms with Crippen LogP contribution < -0.4 is 0 Å². The van der Waals surface area contributed by atoms with E-state index in [1.165, 1.54) is 0 Å². The zero-order valence-corrected chi connectivity index (χ0v) is 9.66. The lowest BCUT2D eigenvalue weighted by molar-refractivity contribution is -0.117. The third-order valence-corrected chi connectivity index (χ3v) is 3.04. The lowest BCUT2D eigenvalue weighted by Gasteiger charge is -2.13. The number of carbonyl (C=O) groups is 2. The second kappa shape index (κ2) is 4.14. The molecule has 0 saturated heterocycles. The molecule has 1 heterocycles. The van der Waals surface area contributed by atoms with Gasteiger partial charge in [-0.15, -0.1) is 0 Å². The van der Waals surface area contributed by atoms with Crippen molar-refractivity contribution in [3.05, 3.63) is 35.4 Å². The number of benzene rings is 1. The van der Waals surface area contributed by atoms with Gasteiger partial charge in [0.1, 0.15) is 0 Å². The zero-order valence-electron chi connectivity index (χ0n) is 8.07. The molecule has 1 aliphatic rings. The van der Waals surface area contributed by atoms with Gasteiger partial charge in [0.25, 0.3) is 5.91 Å². The van der Waals surface area contributed by atoms with Gasteiger partial charge < -0.3 is 4.90 Å². The molecule has 0 aliphatic carbocycles. The average molecular weight is 268 g/mol. The lowest BCUT2D eigenvalue weighted by Crippen LogP contribution is -2.30. The molecule has 0 N–H and O–H groups in total. The Morgan fingerprint density at radius 1 is 1.40 bits per heavy atom. The van der Waals surface area contributed by atoms with E-state index in [2.05, 4.69) is 15.9 Å². The average Bonchev–Trinajstić information content (AvgIpc) is 2.57. The number of ketones is 1. The van der Waals surface area contributed by atoms with Gasteiger partial charge in [0.05, 0.1) is 11.9 Å². The first-order chi connectivity index (χ1) is 7.22. The van der Waals surface area contributed by atoms with Crippen LogP contribution in [0.4, 0.5) is 0 Å². The van der Waals surface area contributed by atoms with Gasteiger partial charge in [0.15, 0.2) is 5.78 Å². The summed E-state index contributed by atoms with van der Waals surface area (Å²) in [5.41, 5.74) is 1.73. The normalized spacial score (nSPS) is 14.2. The molecule has 1 aromatic rings. The van der Waals surface area contributed by atoms with Crippen molar-refractivity contribution in [1.82, 2.24) is 4.90 Å². The van der Waals surface area contributed by atoms with Crippen molar-refractivity contribution in [3.8, 4) is 0 Å². The Hall–Kier alpha value is -1.16. The maximum atomic E-state index is 11.8. The summed E-state index contributed by atoms with van der Waals surface area (Å²) < 4.78 is 0. The number of hydrogen-bond acceptors (Lipinski definition) is 2. The Balaban J connectivity index is 2.17. The molecule has 78 valence electrons. The van der Waals surface area contributed by atoms with Gasteiger partial charge in [-0.05, 0) is 11.6 Å². The molecule has 1 aromatic carbocycles. The molecule has 0 unspecified atom stereocenters. The smallest absolute Gasteiger partial charge is 0.254 e. The van der Waals surface area contributed by atoms with Gasteiger partial charge >= 0.3 is 0 Å². The number of hydrogen-bond donors (Lipinski definition) is 0. The number of carbonyl (C=O) groups excluding carboxylic acids is 2. The predicted molar refractivity (Wildman–Crippen MR) is 60.0 cm³/mol. The number of rotatable bonds is 3. The van der Waals surface area contributed by atoms with Crippen LogP contribution in [0.3, 0.4) is 0 Å². The topological polar surface area (TPSA) is 37.4 Å². The molecular formula is C11H10BrNO2. The van der Waals surface area contributed by atoms with Crippen molar-refractivity contribution in [3.63, 3.8) is 0 Å². The molecule has 0 spiro atoms. The highest BCUT2D eigenvalue weighted by Gasteiger charge is 2.27. The number of nitrogens with zero attached hydrogens (tertiary/aromatic N) is 1. The maximum Gasteiger partial charge on any atom is 0.254 e. The highest BCUT2D eigenvalue weighted by molar-refractivity contribution is 9.09. The van der Waals surface area contributed by atoms with E-state index < -0.39 is 0 Å². The number of halogens is 1. The quantitative estimate of drug-likeness (QED) is 0.781. The van der Waals surface area contributed by atoms with E-state index in [4.69, 9.17) is 0 Å². The molecule has 2 rings (SSSR count). The van der Waals surface area contributed by atoms with Crippen LogP contribution in [0.15, 0.2) is 24.3 Å². The largest absolute Gasteiger partial charge is 0.327 e. The molecule has 15 heavy (non-hydrogen) atoms. The summed E-state index contributed by atoms with van der Waals surface area (Å²) >= 11 is 3.09. The molecule has 0 fully saturated rings. The first-order valence-corrected chi connectivity index (χ1v) is 5.79. The molecular weight excluding hydrogens is 258 g/mol. The summed E-state index contributed by atoms with van der Waals surface area (Å²) in [7, 11) is 0. The number of alkyl halides is 1. The van der Waals surface area contributed by atoms with Crippen LogP contribution in [0.5, 0.6) is 0 Å². The fourth-order valence-corrected chi connectivity index (χ4v) is 1.87. The van der Waals surface area contributed by atoms with Crippen molar-refractivity contribution in [2.24, 2.45) is 0 Å². The van der Waals surface area contributed by atoms with E-state index >= 15 is 0 Å². The van der Waals surface area contributed by atoms with Gasteiger partial charge in [0, 0.05) is 12.1 Å². The van der Waals surface area contributed by atoms with Crippen LogP contribution in [0.25, 0.3) is 0 Å². The van der Waals surface area contributed by atoms with Gasteiger partial charge in [-0.3, -0.25) is 9.59 Å². The fraction of sp³-hybridized carbons (Fsp3) is 0.273. The lowest BCUT2D eigenvalue weighted by atomic mass is 10.1. The minimum atomic E-state index is -0.0418.